The Kier molecular flexibility index (Phi) is 4.99. The molecule has 0 aliphatic heterocycles. The van der Waals surface area contributed by atoms with Crippen molar-refractivity contribution in [3.05, 3.63) is 47.4 Å². The number of carbonyl (C=O) groups excluding carboxylic acids is 2. The Hall–Kier alpha value is -2.56. The van der Waals surface area contributed by atoms with Crippen LogP contribution in [0.2, 0.25) is 0 Å². The molecule has 0 spiro atoms. The van der Waals surface area contributed by atoms with Crippen LogP contribution in [0.4, 0.5) is 0 Å². The molecule has 0 N–H and O–H groups in total. The molecule has 5 heteroatoms. The maximum absolute atomic E-state index is 12.3. The summed E-state index contributed by atoms with van der Waals surface area (Å²) in [4.78, 5) is 24.3. The van der Waals surface area contributed by atoms with E-state index in [0.717, 1.165) is 5.56 Å². The number of furan rings is 1. The van der Waals surface area contributed by atoms with E-state index >= 15 is 0 Å². The number of aryl methyl sites for hydroxylation is 1. The van der Waals surface area contributed by atoms with Gasteiger partial charge >= 0.3 is 11.9 Å². The molecule has 0 aliphatic carbocycles. The van der Waals surface area contributed by atoms with Crippen LogP contribution >= 0.6 is 0 Å². The lowest BCUT2D eigenvalue weighted by Crippen LogP contribution is -2.12. The van der Waals surface area contributed by atoms with Crippen LogP contribution in [-0.4, -0.2) is 25.2 Å². The zero-order valence-corrected chi connectivity index (χ0v) is 12.8. The fourth-order valence-corrected chi connectivity index (χ4v) is 2.24. The lowest BCUT2D eigenvalue weighted by atomic mass is 10.0. The Morgan fingerprint density at radius 2 is 1.59 bits per heavy atom. The third kappa shape index (κ3) is 3.03. The Bertz CT molecular complexity index is 670. The first-order chi connectivity index (χ1) is 10.6. The number of rotatable bonds is 5. The number of hydrogen-bond acceptors (Lipinski definition) is 5. The molecule has 0 bridgehead atoms. The Morgan fingerprint density at radius 1 is 1.00 bits per heavy atom. The van der Waals surface area contributed by atoms with Crippen molar-refractivity contribution in [3.8, 4) is 11.1 Å². The molecule has 5 nitrogen and oxygen atoms in total. The standard InChI is InChI=1S/C17H18O5/c1-4-20-16(18)14-13(12-9-7-6-8-10-12)11(3)22-15(14)17(19)21-5-2/h6-10H,4-5H2,1-3H3. The van der Waals surface area contributed by atoms with Crippen LogP contribution in [0.25, 0.3) is 11.1 Å². The third-order valence-electron chi connectivity index (χ3n) is 3.09. The van der Waals surface area contributed by atoms with Crippen molar-refractivity contribution in [2.45, 2.75) is 20.8 Å². The molecule has 22 heavy (non-hydrogen) atoms. The number of carbonyl (C=O) groups is 2. The van der Waals surface area contributed by atoms with Crippen molar-refractivity contribution in [2.75, 3.05) is 13.2 Å². The van der Waals surface area contributed by atoms with E-state index in [-0.39, 0.29) is 24.5 Å². The molecule has 116 valence electrons. The monoisotopic (exact) mass is 302 g/mol. The van der Waals surface area contributed by atoms with Crippen molar-refractivity contribution in [2.24, 2.45) is 0 Å². The molecule has 1 aromatic heterocycles. The van der Waals surface area contributed by atoms with Crippen molar-refractivity contribution < 1.29 is 23.5 Å². The lowest BCUT2D eigenvalue weighted by Gasteiger charge is -2.06. The van der Waals surface area contributed by atoms with Gasteiger partial charge in [-0.2, -0.15) is 0 Å². The van der Waals surface area contributed by atoms with Gasteiger partial charge in [-0.05, 0) is 26.3 Å². The molecule has 0 atom stereocenters. The van der Waals surface area contributed by atoms with Gasteiger partial charge in [0.15, 0.2) is 0 Å². The largest absolute Gasteiger partial charge is 0.462 e. The van der Waals surface area contributed by atoms with E-state index in [2.05, 4.69) is 0 Å². The van der Waals surface area contributed by atoms with Crippen LogP contribution in [0.1, 0.15) is 40.5 Å². The molecule has 2 aromatic rings. The zero-order chi connectivity index (χ0) is 16.1. The molecule has 0 fully saturated rings. The fraction of sp³-hybridized carbons (Fsp3) is 0.294. The molecule has 1 heterocycles. The van der Waals surface area contributed by atoms with Gasteiger partial charge in [-0.15, -0.1) is 0 Å². The van der Waals surface area contributed by atoms with Crippen LogP contribution in [0.15, 0.2) is 34.7 Å². The van der Waals surface area contributed by atoms with Crippen LogP contribution < -0.4 is 0 Å². The molecule has 0 amide bonds. The minimum atomic E-state index is -0.671. The highest BCUT2D eigenvalue weighted by molar-refractivity contribution is 6.07. The number of esters is 2. The fourth-order valence-electron chi connectivity index (χ4n) is 2.24. The average Bonchev–Trinajstić information content (AvgIpc) is 2.86. The van der Waals surface area contributed by atoms with E-state index in [9.17, 15) is 9.59 Å². The number of hydrogen-bond donors (Lipinski definition) is 0. The summed E-state index contributed by atoms with van der Waals surface area (Å²) in [5.41, 5.74) is 1.45. The van der Waals surface area contributed by atoms with Gasteiger partial charge in [0.25, 0.3) is 0 Å². The van der Waals surface area contributed by atoms with Gasteiger partial charge in [0.05, 0.1) is 13.2 Å². The summed E-state index contributed by atoms with van der Waals surface area (Å²) < 4.78 is 15.5. The smallest absolute Gasteiger partial charge is 0.375 e. The summed E-state index contributed by atoms with van der Waals surface area (Å²) in [6.45, 7) is 5.50. The normalized spacial score (nSPS) is 10.3. The van der Waals surface area contributed by atoms with Crippen molar-refractivity contribution in [1.29, 1.82) is 0 Å². The molecule has 0 unspecified atom stereocenters. The quantitative estimate of drug-likeness (QED) is 0.789. The maximum Gasteiger partial charge on any atom is 0.375 e. The molecule has 0 radical (unpaired) electrons. The van der Waals surface area contributed by atoms with Crippen LogP contribution in [0, 0.1) is 6.92 Å². The zero-order valence-electron chi connectivity index (χ0n) is 12.8. The second kappa shape index (κ2) is 6.93. The summed E-state index contributed by atoms with van der Waals surface area (Å²) in [6.07, 6.45) is 0. The van der Waals surface area contributed by atoms with E-state index in [1.165, 1.54) is 0 Å². The molecule has 2 rings (SSSR count). The highest BCUT2D eigenvalue weighted by atomic mass is 16.5. The number of benzene rings is 1. The highest BCUT2D eigenvalue weighted by Crippen LogP contribution is 2.33. The first-order valence-electron chi connectivity index (χ1n) is 7.13. The van der Waals surface area contributed by atoms with Gasteiger partial charge < -0.3 is 13.9 Å². The predicted molar refractivity (Wildman–Crippen MR) is 80.8 cm³/mol. The lowest BCUT2D eigenvalue weighted by molar-refractivity contribution is 0.0451. The maximum atomic E-state index is 12.3. The Labute approximate surface area is 128 Å². The first kappa shape index (κ1) is 15.8. The summed E-state index contributed by atoms with van der Waals surface area (Å²) >= 11 is 0. The average molecular weight is 302 g/mol. The Morgan fingerprint density at radius 3 is 2.18 bits per heavy atom. The third-order valence-corrected chi connectivity index (χ3v) is 3.09. The van der Waals surface area contributed by atoms with Gasteiger partial charge in [-0.3, -0.25) is 0 Å². The molecule has 0 aliphatic rings. The highest BCUT2D eigenvalue weighted by Gasteiger charge is 2.30. The molecular weight excluding hydrogens is 284 g/mol. The second-order valence-corrected chi connectivity index (χ2v) is 4.54. The SMILES string of the molecule is CCOC(=O)c1oc(C)c(-c2ccccc2)c1C(=O)OCC. The predicted octanol–water partition coefficient (Wildman–Crippen LogP) is 3.61. The van der Waals surface area contributed by atoms with Gasteiger partial charge in [-0.25, -0.2) is 9.59 Å². The van der Waals surface area contributed by atoms with E-state index in [4.69, 9.17) is 13.9 Å². The van der Waals surface area contributed by atoms with E-state index in [1.54, 1.807) is 20.8 Å². The minimum Gasteiger partial charge on any atom is -0.462 e. The van der Waals surface area contributed by atoms with E-state index in [1.807, 2.05) is 30.3 Å². The summed E-state index contributed by atoms with van der Waals surface area (Å²) in [5, 5.41) is 0. The van der Waals surface area contributed by atoms with Gasteiger partial charge in [0.2, 0.25) is 5.76 Å². The molecule has 0 saturated carbocycles. The second-order valence-electron chi connectivity index (χ2n) is 4.54. The summed E-state index contributed by atoms with van der Waals surface area (Å²) in [7, 11) is 0. The van der Waals surface area contributed by atoms with Crippen LogP contribution in [-0.2, 0) is 9.47 Å². The van der Waals surface area contributed by atoms with Gasteiger partial charge in [0.1, 0.15) is 11.3 Å². The number of ether oxygens (including phenoxy) is 2. The van der Waals surface area contributed by atoms with Crippen LogP contribution in [0.5, 0.6) is 0 Å². The van der Waals surface area contributed by atoms with Gasteiger partial charge in [-0.1, -0.05) is 30.3 Å². The van der Waals surface area contributed by atoms with Crippen molar-refractivity contribution in [1.82, 2.24) is 0 Å². The Balaban J connectivity index is 2.62. The molecule has 1 aromatic carbocycles. The minimum absolute atomic E-state index is 0.114. The topological polar surface area (TPSA) is 65.7 Å². The first-order valence-corrected chi connectivity index (χ1v) is 7.13. The van der Waals surface area contributed by atoms with Crippen LogP contribution in [0.3, 0.4) is 0 Å². The molecular formula is C17H18O5. The summed E-state index contributed by atoms with van der Waals surface area (Å²) in [6, 6.07) is 9.25. The van der Waals surface area contributed by atoms with E-state index in [0.29, 0.717) is 11.3 Å². The van der Waals surface area contributed by atoms with E-state index < -0.39 is 11.9 Å². The van der Waals surface area contributed by atoms with Crippen molar-refractivity contribution >= 4 is 11.9 Å². The molecule has 0 saturated heterocycles. The van der Waals surface area contributed by atoms with Crippen molar-refractivity contribution in [3.63, 3.8) is 0 Å². The van der Waals surface area contributed by atoms with Gasteiger partial charge in [0, 0.05) is 5.56 Å². The summed E-state index contributed by atoms with van der Waals surface area (Å²) in [5.74, 6) is -0.911.